The highest BCUT2D eigenvalue weighted by Crippen LogP contribution is 2.20. The molecule has 12 heteroatoms. The maximum Gasteiger partial charge on any atom is 0.414 e. The van der Waals surface area contributed by atoms with Gasteiger partial charge in [-0.2, -0.15) is 0 Å². The van der Waals surface area contributed by atoms with Crippen molar-refractivity contribution < 1.29 is 38.1 Å². The summed E-state index contributed by atoms with van der Waals surface area (Å²) in [6.45, 7) is 9.01. The lowest BCUT2D eigenvalue weighted by Gasteiger charge is -2.23. The van der Waals surface area contributed by atoms with Gasteiger partial charge in [0.1, 0.15) is 30.6 Å². The van der Waals surface area contributed by atoms with Crippen LogP contribution in [0.1, 0.15) is 52.2 Å². The zero-order valence-corrected chi connectivity index (χ0v) is 26.6. The summed E-state index contributed by atoms with van der Waals surface area (Å²) >= 11 is 0. The number of esters is 1. The van der Waals surface area contributed by atoms with Crippen LogP contribution < -0.4 is 20.7 Å². The lowest BCUT2D eigenvalue weighted by Crippen LogP contribution is -2.45. The van der Waals surface area contributed by atoms with Crippen molar-refractivity contribution in [2.24, 2.45) is 10.9 Å². The number of hydrogen-bond donors (Lipinski definition) is 3. The van der Waals surface area contributed by atoms with Crippen LogP contribution in [0.25, 0.3) is 0 Å². The van der Waals surface area contributed by atoms with Gasteiger partial charge in [-0.3, -0.25) is 10.6 Å². The summed E-state index contributed by atoms with van der Waals surface area (Å²) in [4.78, 5) is 54.6. The zero-order chi connectivity index (χ0) is 33.5. The molecule has 3 N–H and O–H groups in total. The van der Waals surface area contributed by atoms with Gasteiger partial charge in [-0.05, 0) is 68.5 Å². The normalized spacial score (nSPS) is 11.4. The number of ether oxygens (including phenoxy) is 4. The van der Waals surface area contributed by atoms with Gasteiger partial charge < -0.3 is 24.3 Å². The zero-order valence-electron chi connectivity index (χ0n) is 26.6. The number of carbonyl (C=O) groups is 4. The first-order valence-corrected chi connectivity index (χ1v) is 14.7. The second-order valence-electron chi connectivity index (χ2n) is 11.6. The standard InChI is InChI=1S/C34H40N4O8/c1-23(2)20-28(36-33(42)46-34(3,4)5)29(39)45-27-18-16-26(17-19-27)35-30(37-31(40)43-21-24-12-8-6-9-13-24)38-32(41)44-22-25-14-10-7-11-15-25/h6-19,23,28H,20-22H2,1-5H3,(H,36,42)(H2,35,37,38,40,41)/t28-/m1/s1. The van der Waals surface area contributed by atoms with E-state index in [0.717, 1.165) is 11.1 Å². The highest BCUT2D eigenvalue weighted by Gasteiger charge is 2.27. The molecule has 0 aliphatic carbocycles. The number of benzene rings is 3. The summed E-state index contributed by atoms with van der Waals surface area (Å²) in [5.41, 5.74) is 1.11. The van der Waals surface area contributed by atoms with E-state index in [-0.39, 0.29) is 30.8 Å². The minimum Gasteiger partial charge on any atom is -0.444 e. The summed E-state index contributed by atoms with van der Waals surface area (Å²) in [6.07, 6.45) is -2.10. The number of nitrogens with zero attached hydrogens (tertiary/aromatic N) is 1. The molecule has 0 heterocycles. The molecule has 0 fully saturated rings. The fourth-order valence-corrected chi connectivity index (χ4v) is 3.84. The average Bonchev–Trinajstić information content (AvgIpc) is 2.99. The van der Waals surface area contributed by atoms with E-state index in [2.05, 4.69) is 20.9 Å². The summed E-state index contributed by atoms with van der Waals surface area (Å²) in [5.74, 6) is -0.640. The number of amides is 3. The number of aliphatic imine (C=N–C) groups is 1. The van der Waals surface area contributed by atoms with Crippen LogP contribution in [0.3, 0.4) is 0 Å². The number of guanidine groups is 1. The highest BCUT2D eigenvalue weighted by molar-refractivity contribution is 6.02. The van der Waals surface area contributed by atoms with Gasteiger partial charge >= 0.3 is 24.2 Å². The van der Waals surface area contributed by atoms with E-state index in [4.69, 9.17) is 18.9 Å². The Balaban J connectivity index is 1.69. The third kappa shape index (κ3) is 13.5. The molecule has 46 heavy (non-hydrogen) atoms. The van der Waals surface area contributed by atoms with Gasteiger partial charge in [-0.1, -0.05) is 74.5 Å². The molecule has 0 radical (unpaired) electrons. The van der Waals surface area contributed by atoms with Crippen molar-refractivity contribution in [2.75, 3.05) is 0 Å². The fourth-order valence-electron chi connectivity index (χ4n) is 3.84. The Morgan fingerprint density at radius 1 is 0.717 bits per heavy atom. The Morgan fingerprint density at radius 2 is 1.22 bits per heavy atom. The lowest BCUT2D eigenvalue weighted by molar-refractivity contribution is -0.137. The van der Waals surface area contributed by atoms with Gasteiger partial charge in [-0.15, -0.1) is 0 Å². The van der Waals surface area contributed by atoms with Crippen molar-refractivity contribution >= 4 is 35.9 Å². The van der Waals surface area contributed by atoms with Crippen molar-refractivity contribution in [3.8, 4) is 5.75 Å². The molecular weight excluding hydrogens is 592 g/mol. The molecule has 0 saturated carbocycles. The van der Waals surface area contributed by atoms with Gasteiger partial charge in [0.15, 0.2) is 0 Å². The van der Waals surface area contributed by atoms with Crippen LogP contribution in [-0.4, -0.2) is 41.9 Å². The molecule has 0 bridgehead atoms. The Kier molecular flexibility index (Phi) is 13.1. The molecule has 0 saturated heterocycles. The number of carbonyl (C=O) groups excluding carboxylic acids is 4. The summed E-state index contributed by atoms with van der Waals surface area (Å²) in [5, 5.41) is 7.42. The Hall–Kier alpha value is -5.39. The van der Waals surface area contributed by atoms with Crippen molar-refractivity contribution in [3.63, 3.8) is 0 Å². The number of alkyl carbamates (subject to hydrolysis) is 3. The number of rotatable bonds is 10. The predicted octanol–water partition coefficient (Wildman–Crippen LogP) is 6.37. The number of hydrogen-bond acceptors (Lipinski definition) is 9. The SMILES string of the molecule is CC(C)C[C@@H](NC(=O)OC(C)(C)C)C(=O)Oc1ccc(N=C(NC(=O)OCc2ccccc2)NC(=O)OCc2ccccc2)cc1. The van der Waals surface area contributed by atoms with Gasteiger partial charge in [0, 0.05) is 0 Å². The van der Waals surface area contributed by atoms with Crippen molar-refractivity contribution in [1.82, 2.24) is 16.0 Å². The van der Waals surface area contributed by atoms with Crippen LogP contribution in [-0.2, 0) is 32.2 Å². The van der Waals surface area contributed by atoms with E-state index in [1.807, 2.05) is 50.2 Å². The fraction of sp³-hybridized carbons (Fsp3) is 0.324. The molecule has 0 aliphatic rings. The van der Waals surface area contributed by atoms with E-state index in [9.17, 15) is 19.2 Å². The molecule has 3 amide bonds. The van der Waals surface area contributed by atoms with Gasteiger partial charge in [0.2, 0.25) is 5.96 Å². The van der Waals surface area contributed by atoms with E-state index in [1.54, 1.807) is 45.0 Å². The van der Waals surface area contributed by atoms with E-state index in [0.29, 0.717) is 12.1 Å². The monoisotopic (exact) mass is 632 g/mol. The first-order chi connectivity index (χ1) is 21.9. The summed E-state index contributed by atoms with van der Waals surface area (Å²) in [7, 11) is 0. The second-order valence-corrected chi connectivity index (χ2v) is 11.6. The molecule has 0 spiro atoms. The Labute approximate surface area is 268 Å². The maximum atomic E-state index is 12.9. The molecule has 0 aromatic heterocycles. The molecule has 1 atom stereocenters. The van der Waals surface area contributed by atoms with Crippen LogP contribution in [0, 0.1) is 5.92 Å². The second kappa shape index (κ2) is 17.2. The predicted molar refractivity (Wildman–Crippen MR) is 171 cm³/mol. The molecule has 0 unspecified atom stereocenters. The van der Waals surface area contributed by atoms with Crippen LogP contribution in [0.2, 0.25) is 0 Å². The summed E-state index contributed by atoms with van der Waals surface area (Å²) < 4.78 is 21.3. The molecule has 244 valence electrons. The van der Waals surface area contributed by atoms with E-state index < -0.39 is 35.9 Å². The van der Waals surface area contributed by atoms with Crippen LogP contribution >= 0.6 is 0 Å². The molecule has 3 aromatic rings. The van der Waals surface area contributed by atoms with E-state index >= 15 is 0 Å². The molecule has 3 aromatic carbocycles. The Morgan fingerprint density at radius 3 is 1.67 bits per heavy atom. The maximum absolute atomic E-state index is 12.9. The quantitative estimate of drug-likeness (QED) is 0.0766. The lowest BCUT2D eigenvalue weighted by atomic mass is 10.0. The molecular formula is C34H40N4O8. The van der Waals surface area contributed by atoms with Crippen LogP contribution in [0.5, 0.6) is 5.75 Å². The van der Waals surface area contributed by atoms with Gasteiger partial charge in [0.25, 0.3) is 0 Å². The van der Waals surface area contributed by atoms with E-state index in [1.165, 1.54) is 24.3 Å². The summed E-state index contributed by atoms with van der Waals surface area (Å²) in [6, 6.07) is 23.2. The van der Waals surface area contributed by atoms with Crippen LogP contribution in [0.4, 0.5) is 20.1 Å². The van der Waals surface area contributed by atoms with Crippen LogP contribution in [0.15, 0.2) is 89.9 Å². The number of nitrogens with one attached hydrogen (secondary N) is 3. The molecule has 3 rings (SSSR count). The first-order valence-electron chi connectivity index (χ1n) is 14.7. The minimum absolute atomic E-state index is 0.000933. The smallest absolute Gasteiger partial charge is 0.414 e. The topological polar surface area (TPSA) is 154 Å². The van der Waals surface area contributed by atoms with Crippen molar-refractivity contribution in [1.29, 1.82) is 0 Å². The first kappa shape index (κ1) is 35.1. The van der Waals surface area contributed by atoms with Crippen molar-refractivity contribution in [2.45, 2.75) is 65.9 Å². The highest BCUT2D eigenvalue weighted by atomic mass is 16.6. The van der Waals surface area contributed by atoms with Gasteiger partial charge in [-0.25, -0.2) is 24.2 Å². The minimum atomic E-state index is -0.934. The van der Waals surface area contributed by atoms with Crippen molar-refractivity contribution in [3.05, 3.63) is 96.1 Å². The Bertz CT molecular complexity index is 1410. The third-order valence-corrected chi connectivity index (χ3v) is 5.85. The third-order valence-electron chi connectivity index (χ3n) is 5.85. The molecule has 0 aliphatic heterocycles. The average molecular weight is 633 g/mol. The van der Waals surface area contributed by atoms with Gasteiger partial charge in [0.05, 0.1) is 5.69 Å². The largest absolute Gasteiger partial charge is 0.444 e. The molecule has 12 nitrogen and oxygen atoms in total.